The molecule has 1 aromatic carbocycles. The smallest absolute Gasteiger partial charge is 0.274 e. The number of carbonyl (C=O) groups is 1. The molecule has 0 bridgehead atoms. The first-order valence-electron chi connectivity index (χ1n) is 6.80. The molecule has 0 saturated carbocycles. The van der Waals surface area contributed by atoms with Crippen molar-refractivity contribution in [2.24, 2.45) is 0 Å². The van der Waals surface area contributed by atoms with Crippen LogP contribution >= 0.6 is 15.9 Å². The van der Waals surface area contributed by atoms with Crippen LogP contribution in [0.3, 0.4) is 0 Å². The lowest BCUT2D eigenvalue weighted by molar-refractivity contribution is 0.101. The number of nitrogens with one attached hydrogen (secondary N) is 1. The van der Waals surface area contributed by atoms with Gasteiger partial charge in [-0.15, -0.1) is 0 Å². The lowest BCUT2D eigenvalue weighted by atomic mass is 10.2. The van der Waals surface area contributed by atoms with Gasteiger partial charge in [-0.3, -0.25) is 13.7 Å². The van der Waals surface area contributed by atoms with Gasteiger partial charge in [-0.05, 0) is 30.7 Å². The van der Waals surface area contributed by atoms with Gasteiger partial charge in [0, 0.05) is 4.47 Å². The molecule has 130 valence electrons. The van der Waals surface area contributed by atoms with Crippen LogP contribution in [0.4, 0.5) is 10.1 Å². The van der Waals surface area contributed by atoms with Crippen molar-refractivity contribution in [2.75, 3.05) is 18.2 Å². The van der Waals surface area contributed by atoms with Crippen LogP contribution in [0.25, 0.3) is 0 Å². The number of rotatable bonds is 6. The zero-order chi connectivity index (χ0) is 17.9. The van der Waals surface area contributed by atoms with Gasteiger partial charge in [-0.25, -0.2) is 4.39 Å². The molecule has 1 N–H and O–H groups in total. The monoisotopic (exact) mass is 419 g/mol. The lowest BCUT2D eigenvalue weighted by Crippen LogP contribution is -2.21. The first-order chi connectivity index (χ1) is 11.2. The Morgan fingerprint density at radius 2 is 2.17 bits per heavy atom. The number of halogens is 2. The second kappa shape index (κ2) is 7.41. The summed E-state index contributed by atoms with van der Waals surface area (Å²) in [6.07, 6.45) is 2.40. The molecule has 1 aromatic heterocycles. The Bertz CT molecular complexity index is 867. The van der Waals surface area contributed by atoms with Gasteiger partial charge in [0.05, 0.1) is 31.3 Å². The van der Waals surface area contributed by atoms with Crippen molar-refractivity contribution >= 4 is 37.6 Å². The molecule has 1 heterocycles. The maximum Gasteiger partial charge on any atom is 0.274 e. The van der Waals surface area contributed by atoms with Crippen molar-refractivity contribution < 1.29 is 21.8 Å². The summed E-state index contributed by atoms with van der Waals surface area (Å²) in [6.45, 7) is 1.58. The number of hydrogen-bond donors (Lipinski definition) is 1. The first-order valence-corrected chi connectivity index (χ1v) is 9.41. The van der Waals surface area contributed by atoms with Crippen LogP contribution in [0, 0.1) is 12.7 Å². The number of hydrogen-bond acceptors (Lipinski definition) is 5. The van der Waals surface area contributed by atoms with E-state index in [4.69, 9.17) is 0 Å². The number of benzene rings is 1. The highest BCUT2D eigenvalue weighted by molar-refractivity contribution is 9.10. The molecule has 10 heteroatoms. The Morgan fingerprint density at radius 3 is 2.79 bits per heavy atom. The average molecular weight is 420 g/mol. The molecule has 0 unspecified atom stereocenters. The molecule has 1 amide bonds. The summed E-state index contributed by atoms with van der Waals surface area (Å²) in [5, 5.41) is 6.49. The minimum atomic E-state index is -3.57. The summed E-state index contributed by atoms with van der Waals surface area (Å²) in [5.41, 5.74) is 0.807. The van der Waals surface area contributed by atoms with E-state index >= 15 is 0 Å². The molecule has 0 aliphatic heterocycles. The third-order valence-electron chi connectivity index (χ3n) is 3.02. The van der Waals surface area contributed by atoms with Gasteiger partial charge in [0.1, 0.15) is 11.5 Å². The second-order valence-electron chi connectivity index (χ2n) is 5.00. The quantitative estimate of drug-likeness (QED) is 0.725. The third kappa shape index (κ3) is 4.86. The summed E-state index contributed by atoms with van der Waals surface area (Å²) in [7, 11) is -3.57. The number of aryl methyl sites for hydroxylation is 1. The van der Waals surface area contributed by atoms with Gasteiger partial charge < -0.3 is 5.32 Å². The van der Waals surface area contributed by atoms with E-state index in [1.54, 1.807) is 13.0 Å². The third-order valence-corrected chi connectivity index (χ3v) is 4.11. The van der Waals surface area contributed by atoms with Crippen LogP contribution < -0.4 is 5.32 Å². The standard InChI is InChI=1S/C14H15BrFN3O4S/c1-9-8-17-19(5-6-23-24(2,21)22)13(9)14(20)18-12-4-3-10(15)7-11(12)16/h3-4,7-8H,5-6H2,1-2H3,(H,18,20). The molecule has 0 fully saturated rings. The highest BCUT2D eigenvalue weighted by Gasteiger charge is 2.18. The summed E-state index contributed by atoms with van der Waals surface area (Å²) in [6, 6.07) is 4.27. The Kier molecular flexibility index (Phi) is 5.73. The fourth-order valence-electron chi connectivity index (χ4n) is 1.99. The van der Waals surface area contributed by atoms with Gasteiger partial charge in [0.25, 0.3) is 16.0 Å². The molecule has 2 aromatic rings. The van der Waals surface area contributed by atoms with Crippen LogP contribution in [-0.4, -0.2) is 37.0 Å². The SMILES string of the molecule is Cc1cnn(CCOS(C)(=O)=O)c1C(=O)Nc1ccc(Br)cc1F. The molecule has 7 nitrogen and oxygen atoms in total. The van der Waals surface area contributed by atoms with Crippen molar-refractivity contribution in [3.63, 3.8) is 0 Å². The van der Waals surface area contributed by atoms with Crippen LogP contribution in [0.1, 0.15) is 16.1 Å². The van der Waals surface area contributed by atoms with Crippen molar-refractivity contribution in [3.05, 3.63) is 45.9 Å². The minimum Gasteiger partial charge on any atom is -0.318 e. The van der Waals surface area contributed by atoms with Crippen LogP contribution in [0.2, 0.25) is 0 Å². The van der Waals surface area contributed by atoms with Crippen LogP contribution in [0.5, 0.6) is 0 Å². The fourth-order valence-corrected chi connectivity index (χ4v) is 2.70. The maximum atomic E-state index is 13.8. The molecule has 0 aliphatic rings. The van der Waals surface area contributed by atoms with Gasteiger partial charge >= 0.3 is 0 Å². The zero-order valence-corrected chi connectivity index (χ0v) is 15.3. The van der Waals surface area contributed by atoms with Gasteiger partial charge in [-0.1, -0.05) is 15.9 Å². The zero-order valence-electron chi connectivity index (χ0n) is 12.9. The number of carbonyl (C=O) groups excluding carboxylic acids is 1. The van der Waals surface area contributed by atoms with Crippen molar-refractivity contribution in [2.45, 2.75) is 13.5 Å². The summed E-state index contributed by atoms with van der Waals surface area (Å²) in [5.74, 6) is -1.13. The van der Waals surface area contributed by atoms with E-state index in [-0.39, 0.29) is 24.5 Å². The molecule has 0 radical (unpaired) electrons. The fraction of sp³-hybridized carbons (Fsp3) is 0.286. The van der Waals surface area contributed by atoms with Crippen molar-refractivity contribution in [3.8, 4) is 0 Å². The maximum absolute atomic E-state index is 13.8. The van der Waals surface area contributed by atoms with E-state index < -0.39 is 21.8 Å². The normalized spacial score (nSPS) is 11.5. The predicted molar refractivity (Wildman–Crippen MR) is 89.8 cm³/mol. The molecule has 0 atom stereocenters. The molecule has 0 aliphatic carbocycles. The Balaban J connectivity index is 2.15. The van der Waals surface area contributed by atoms with Crippen LogP contribution in [-0.2, 0) is 20.8 Å². The lowest BCUT2D eigenvalue weighted by Gasteiger charge is -2.10. The van der Waals surface area contributed by atoms with E-state index in [0.29, 0.717) is 10.0 Å². The summed E-state index contributed by atoms with van der Waals surface area (Å²) in [4.78, 5) is 12.4. The van der Waals surface area contributed by atoms with E-state index in [2.05, 4.69) is 30.5 Å². The number of aromatic nitrogens is 2. The van der Waals surface area contributed by atoms with Crippen molar-refractivity contribution in [1.29, 1.82) is 0 Å². The van der Waals surface area contributed by atoms with Crippen LogP contribution in [0.15, 0.2) is 28.9 Å². The molecular formula is C14H15BrFN3O4S. The second-order valence-corrected chi connectivity index (χ2v) is 7.56. The average Bonchev–Trinajstić information content (AvgIpc) is 2.81. The van der Waals surface area contributed by atoms with E-state index in [9.17, 15) is 17.6 Å². The Labute approximate surface area is 147 Å². The predicted octanol–water partition coefficient (Wildman–Crippen LogP) is 2.32. The van der Waals surface area contributed by atoms with E-state index in [1.165, 1.54) is 23.0 Å². The van der Waals surface area contributed by atoms with Gasteiger partial charge in [0.2, 0.25) is 0 Å². The van der Waals surface area contributed by atoms with E-state index in [1.807, 2.05) is 0 Å². The highest BCUT2D eigenvalue weighted by Crippen LogP contribution is 2.20. The summed E-state index contributed by atoms with van der Waals surface area (Å²) >= 11 is 3.14. The molecule has 24 heavy (non-hydrogen) atoms. The minimum absolute atomic E-state index is 0.0303. The highest BCUT2D eigenvalue weighted by atomic mass is 79.9. The molecule has 0 saturated heterocycles. The number of nitrogens with zero attached hydrogens (tertiary/aromatic N) is 2. The number of anilines is 1. The molecule has 0 spiro atoms. The van der Waals surface area contributed by atoms with E-state index in [0.717, 1.165) is 6.26 Å². The summed E-state index contributed by atoms with van der Waals surface area (Å²) < 4.78 is 42.3. The Hall–Kier alpha value is -1.78. The largest absolute Gasteiger partial charge is 0.318 e. The van der Waals surface area contributed by atoms with Crippen molar-refractivity contribution in [1.82, 2.24) is 9.78 Å². The molecular weight excluding hydrogens is 405 g/mol. The first kappa shape index (κ1) is 18.6. The van der Waals surface area contributed by atoms with Gasteiger partial charge in [-0.2, -0.15) is 13.5 Å². The Morgan fingerprint density at radius 1 is 1.46 bits per heavy atom. The molecule has 2 rings (SSSR count). The number of amides is 1. The van der Waals surface area contributed by atoms with Gasteiger partial charge in [0.15, 0.2) is 0 Å². The topological polar surface area (TPSA) is 90.3 Å².